The van der Waals surface area contributed by atoms with Gasteiger partial charge in [0, 0.05) is 0 Å². The van der Waals surface area contributed by atoms with Gasteiger partial charge in [-0.15, -0.1) is 0 Å². The molecule has 1 aromatic heterocycles. The van der Waals surface area contributed by atoms with Crippen LogP contribution in [0.1, 0.15) is 21.5 Å². The monoisotopic (exact) mass is 342 g/mol. The van der Waals surface area contributed by atoms with Crippen molar-refractivity contribution in [3.05, 3.63) is 50.9 Å². The van der Waals surface area contributed by atoms with E-state index < -0.39 is 5.97 Å². The molecule has 1 aromatic carbocycles. The molecule has 17 heavy (non-hydrogen) atoms. The Hall–Kier alpha value is -1.37. The minimum Gasteiger partial charge on any atom is -0.478 e. The van der Waals surface area contributed by atoms with Gasteiger partial charge in [-0.25, -0.2) is 4.79 Å². The molecule has 1 heterocycles. The third-order valence-corrected chi connectivity index (χ3v) is 3.56. The Balaban J connectivity index is 2.28. The summed E-state index contributed by atoms with van der Waals surface area (Å²) in [6.45, 7) is 2.62. The second kappa shape index (κ2) is 4.87. The van der Waals surface area contributed by atoms with Crippen LogP contribution in [0.3, 0.4) is 0 Å². The summed E-state index contributed by atoms with van der Waals surface area (Å²) in [6, 6.07) is 8.09. The van der Waals surface area contributed by atoms with E-state index in [0.717, 1.165) is 5.56 Å². The van der Waals surface area contributed by atoms with Crippen molar-refractivity contribution < 1.29 is 9.90 Å². The Morgan fingerprint density at radius 1 is 1.53 bits per heavy atom. The number of rotatable bonds is 3. The molecule has 0 saturated heterocycles. The largest absolute Gasteiger partial charge is 0.478 e. The van der Waals surface area contributed by atoms with Gasteiger partial charge in [0.2, 0.25) is 0 Å². The van der Waals surface area contributed by atoms with Crippen molar-refractivity contribution in [3.8, 4) is 0 Å². The summed E-state index contributed by atoms with van der Waals surface area (Å²) >= 11 is 2.01. The lowest BCUT2D eigenvalue weighted by Gasteiger charge is -2.04. The molecule has 88 valence electrons. The fraction of sp³-hybridized carbons (Fsp3) is 0.167. The van der Waals surface area contributed by atoms with Crippen LogP contribution in [0.5, 0.6) is 0 Å². The molecule has 2 aromatic rings. The van der Waals surface area contributed by atoms with Crippen molar-refractivity contribution in [2.75, 3.05) is 0 Å². The van der Waals surface area contributed by atoms with Crippen molar-refractivity contribution in [2.45, 2.75) is 13.5 Å². The van der Waals surface area contributed by atoms with E-state index in [2.05, 4.69) is 11.2 Å². The zero-order valence-corrected chi connectivity index (χ0v) is 11.4. The Labute approximate surface area is 112 Å². The van der Waals surface area contributed by atoms with E-state index in [1.807, 2.05) is 47.7 Å². The van der Waals surface area contributed by atoms with Crippen LogP contribution < -0.4 is 0 Å². The average molecular weight is 342 g/mol. The van der Waals surface area contributed by atoms with Gasteiger partial charge >= 0.3 is 5.97 Å². The number of aryl methyl sites for hydroxylation is 1. The molecule has 5 heteroatoms. The molecule has 0 amide bonds. The smallest absolute Gasteiger partial charge is 0.340 e. The Bertz CT molecular complexity index is 563. The number of hydrogen-bond donors (Lipinski definition) is 1. The molecular weight excluding hydrogens is 331 g/mol. The maximum atomic E-state index is 10.9. The molecule has 1 N–H and O–H groups in total. The lowest BCUT2D eigenvalue weighted by atomic mass is 10.1. The van der Waals surface area contributed by atoms with Gasteiger partial charge in [-0.1, -0.05) is 29.8 Å². The summed E-state index contributed by atoms with van der Waals surface area (Å²) < 4.78 is 2.34. The van der Waals surface area contributed by atoms with Gasteiger partial charge in [-0.2, -0.15) is 5.10 Å². The van der Waals surface area contributed by atoms with Crippen LogP contribution in [-0.2, 0) is 6.54 Å². The minimum atomic E-state index is -0.940. The molecule has 0 saturated carbocycles. The summed E-state index contributed by atoms with van der Waals surface area (Å²) in [7, 11) is 0. The minimum absolute atomic E-state index is 0.248. The van der Waals surface area contributed by atoms with Crippen LogP contribution >= 0.6 is 22.6 Å². The predicted molar refractivity (Wildman–Crippen MR) is 72.2 cm³/mol. The fourth-order valence-corrected chi connectivity index (χ4v) is 2.27. The topological polar surface area (TPSA) is 55.1 Å². The van der Waals surface area contributed by atoms with E-state index in [-0.39, 0.29) is 5.56 Å². The van der Waals surface area contributed by atoms with Gasteiger partial charge in [0.15, 0.2) is 0 Å². The molecule has 0 spiro atoms. The highest BCUT2D eigenvalue weighted by Crippen LogP contribution is 2.14. The number of carboxylic acids is 1. The van der Waals surface area contributed by atoms with E-state index in [1.165, 1.54) is 11.8 Å². The van der Waals surface area contributed by atoms with Crippen molar-refractivity contribution in [2.24, 2.45) is 0 Å². The van der Waals surface area contributed by atoms with Gasteiger partial charge < -0.3 is 5.11 Å². The summed E-state index contributed by atoms with van der Waals surface area (Å²) in [5.41, 5.74) is 2.55. The van der Waals surface area contributed by atoms with Gasteiger partial charge in [-0.3, -0.25) is 4.68 Å². The van der Waals surface area contributed by atoms with Crippen molar-refractivity contribution in [3.63, 3.8) is 0 Å². The molecule has 0 bridgehead atoms. The summed E-state index contributed by atoms with van der Waals surface area (Å²) in [5.74, 6) is -0.940. The first kappa shape index (κ1) is 12.1. The van der Waals surface area contributed by atoms with Crippen LogP contribution in [0, 0.1) is 10.6 Å². The third-order valence-electron chi connectivity index (χ3n) is 2.42. The third kappa shape index (κ3) is 2.66. The quantitative estimate of drug-likeness (QED) is 0.873. The molecular formula is C12H11IN2O2. The molecule has 0 fully saturated rings. The lowest BCUT2D eigenvalue weighted by molar-refractivity contribution is 0.0695. The zero-order chi connectivity index (χ0) is 12.4. The van der Waals surface area contributed by atoms with Crippen LogP contribution in [0.25, 0.3) is 0 Å². The van der Waals surface area contributed by atoms with Gasteiger partial charge in [0.25, 0.3) is 0 Å². The first-order valence-electron chi connectivity index (χ1n) is 5.08. The highest BCUT2D eigenvalue weighted by Gasteiger charge is 2.14. The Kier molecular flexibility index (Phi) is 3.46. The molecule has 0 aliphatic rings. The molecule has 0 radical (unpaired) electrons. The Morgan fingerprint density at radius 2 is 2.29 bits per heavy atom. The van der Waals surface area contributed by atoms with E-state index in [1.54, 1.807) is 4.68 Å². The standard InChI is InChI=1S/C12H11IN2O2/c1-8-3-2-4-9(5-8)7-15-11(13)10(6-14-15)12(16)17/h2-6H,7H2,1H3,(H,16,17). The lowest BCUT2D eigenvalue weighted by Crippen LogP contribution is -2.06. The number of aromatic carboxylic acids is 1. The first-order chi connectivity index (χ1) is 8.08. The molecule has 0 unspecified atom stereocenters. The zero-order valence-electron chi connectivity index (χ0n) is 9.22. The molecule has 0 aliphatic heterocycles. The summed E-state index contributed by atoms with van der Waals surface area (Å²) in [4.78, 5) is 10.9. The number of aromatic nitrogens is 2. The number of nitrogens with zero attached hydrogens (tertiary/aromatic N) is 2. The number of benzene rings is 1. The average Bonchev–Trinajstić information content (AvgIpc) is 2.61. The van der Waals surface area contributed by atoms with Crippen LogP contribution in [0.2, 0.25) is 0 Å². The van der Waals surface area contributed by atoms with Crippen LogP contribution in [0.15, 0.2) is 30.5 Å². The van der Waals surface area contributed by atoms with Crippen molar-refractivity contribution in [1.82, 2.24) is 9.78 Å². The highest BCUT2D eigenvalue weighted by atomic mass is 127. The number of hydrogen-bond acceptors (Lipinski definition) is 2. The number of carbonyl (C=O) groups is 1. The summed E-state index contributed by atoms with van der Waals surface area (Å²) in [5, 5.41) is 13.0. The SMILES string of the molecule is Cc1cccc(Cn2ncc(C(=O)O)c2I)c1. The molecule has 0 atom stereocenters. The first-order valence-corrected chi connectivity index (χ1v) is 6.16. The van der Waals surface area contributed by atoms with E-state index in [9.17, 15) is 4.79 Å². The second-order valence-electron chi connectivity index (χ2n) is 3.80. The molecule has 2 rings (SSSR count). The summed E-state index contributed by atoms with van der Waals surface area (Å²) in [6.07, 6.45) is 1.39. The van der Waals surface area contributed by atoms with E-state index in [4.69, 9.17) is 5.11 Å². The van der Waals surface area contributed by atoms with Crippen molar-refractivity contribution in [1.29, 1.82) is 0 Å². The van der Waals surface area contributed by atoms with Crippen LogP contribution in [0.4, 0.5) is 0 Å². The fourth-order valence-electron chi connectivity index (χ4n) is 1.61. The van der Waals surface area contributed by atoms with Gasteiger partial charge in [0.05, 0.1) is 12.7 Å². The van der Waals surface area contributed by atoms with E-state index >= 15 is 0 Å². The second-order valence-corrected chi connectivity index (χ2v) is 4.82. The predicted octanol–water partition coefficient (Wildman–Crippen LogP) is 2.54. The Morgan fingerprint density at radius 3 is 2.88 bits per heavy atom. The van der Waals surface area contributed by atoms with Crippen molar-refractivity contribution >= 4 is 28.6 Å². The van der Waals surface area contributed by atoms with Gasteiger partial charge in [0.1, 0.15) is 9.26 Å². The molecule has 0 aliphatic carbocycles. The number of carboxylic acid groups (broad SMARTS) is 1. The van der Waals surface area contributed by atoms with Gasteiger partial charge in [-0.05, 0) is 35.1 Å². The highest BCUT2D eigenvalue weighted by molar-refractivity contribution is 14.1. The number of halogens is 1. The normalized spacial score (nSPS) is 10.5. The molecule has 4 nitrogen and oxygen atoms in total. The maximum absolute atomic E-state index is 10.9. The maximum Gasteiger partial charge on any atom is 0.340 e. The van der Waals surface area contributed by atoms with E-state index in [0.29, 0.717) is 10.2 Å². The van der Waals surface area contributed by atoms with Crippen LogP contribution in [-0.4, -0.2) is 20.9 Å².